The lowest BCUT2D eigenvalue weighted by atomic mass is 10.3. The first kappa shape index (κ1) is 13.8. The Labute approximate surface area is 123 Å². The van der Waals surface area contributed by atoms with Gasteiger partial charge in [0, 0.05) is 5.69 Å². The van der Waals surface area contributed by atoms with Crippen LogP contribution in [0.25, 0.3) is 0 Å². The minimum Gasteiger partial charge on any atom is -0.494 e. The lowest BCUT2D eigenvalue weighted by molar-refractivity contribution is 0.262. The summed E-state index contributed by atoms with van der Waals surface area (Å²) in [5.74, 6) is 0.775. The van der Waals surface area contributed by atoms with E-state index in [0.717, 1.165) is 9.54 Å². The van der Waals surface area contributed by atoms with Gasteiger partial charge in [0.1, 0.15) is 5.75 Å². The van der Waals surface area contributed by atoms with Gasteiger partial charge in [-0.3, -0.25) is 5.32 Å². The lowest BCUT2D eigenvalue weighted by Gasteiger charge is -2.07. The number of halogens is 1. The van der Waals surface area contributed by atoms with Crippen LogP contribution in [0.3, 0.4) is 0 Å². The van der Waals surface area contributed by atoms with Crippen LogP contribution in [0.5, 0.6) is 5.75 Å². The van der Waals surface area contributed by atoms with Crippen LogP contribution >= 0.6 is 27.3 Å². The molecule has 19 heavy (non-hydrogen) atoms. The summed E-state index contributed by atoms with van der Waals surface area (Å²) >= 11 is 4.63. The van der Waals surface area contributed by atoms with Gasteiger partial charge < -0.3 is 10.1 Å². The molecule has 2 rings (SSSR count). The molecule has 2 amide bonds. The zero-order valence-corrected chi connectivity index (χ0v) is 12.5. The van der Waals surface area contributed by atoms with Crippen LogP contribution in [0.2, 0.25) is 0 Å². The molecule has 1 aromatic heterocycles. The monoisotopic (exact) mass is 341 g/mol. The van der Waals surface area contributed by atoms with Crippen molar-refractivity contribution in [2.45, 2.75) is 6.92 Å². The quantitative estimate of drug-likeness (QED) is 0.884. The average Bonchev–Trinajstić information content (AvgIpc) is 2.77. The fourth-order valence-corrected chi connectivity index (χ4v) is 2.47. The molecule has 2 aromatic rings. The Balaban J connectivity index is 1.91. The maximum absolute atomic E-state index is 11.7. The highest BCUT2D eigenvalue weighted by atomic mass is 79.9. The first-order chi connectivity index (χ1) is 9.17. The van der Waals surface area contributed by atoms with E-state index in [0.29, 0.717) is 17.4 Å². The van der Waals surface area contributed by atoms with Crippen molar-refractivity contribution in [1.82, 2.24) is 4.98 Å². The Bertz CT molecular complexity index is 556. The van der Waals surface area contributed by atoms with E-state index in [1.165, 1.54) is 11.3 Å². The predicted molar refractivity (Wildman–Crippen MR) is 80.1 cm³/mol. The SMILES string of the molecule is CCOc1ccc(NC(=O)Nc2ncc(Br)s2)cc1. The maximum atomic E-state index is 11.7. The number of rotatable bonds is 4. The molecule has 0 aliphatic carbocycles. The summed E-state index contributed by atoms with van der Waals surface area (Å²) in [5.41, 5.74) is 0.691. The van der Waals surface area contributed by atoms with E-state index in [9.17, 15) is 4.79 Å². The Hall–Kier alpha value is -1.60. The highest BCUT2D eigenvalue weighted by molar-refractivity contribution is 9.11. The van der Waals surface area contributed by atoms with Crippen molar-refractivity contribution in [2.75, 3.05) is 17.2 Å². The molecule has 100 valence electrons. The zero-order valence-electron chi connectivity index (χ0n) is 10.1. The molecule has 0 bridgehead atoms. The number of ether oxygens (including phenoxy) is 1. The number of hydrogen-bond acceptors (Lipinski definition) is 4. The molecule has 0 saturated carbocycles. The van der Waals surface area contributed by atoms with Gasteiger partial charge >= 0.3 is 6.03 Å². The number of hydrogen-bond donors (Lipinski definition) is 2. The number of thiazole rings is 1. The molecule has 0 fully saturated rings. The molecule has 0 unspecified atom stereocenters. The Kier molecular flexibility index (Phi) is 4.75. The maximum Gasteiger partial charge on any atom is 0.325 e. The lowest BCUT2D eigenvalue weighted by Crippen LogP contribution is -2.19. The van der Waals surface area contributed by atoms with E-state index >= 15 is 0 Å². The first-order valence-corrected chi connectivity index (χ1v) is 7.20. The van der Waals surface area contributed by atoms with Gasteiger partial charge in [-0.15, -0.1) is 0 Å². The minimum atomic E-state index is -0.328. The molecule has 7 heteroatoms. The number of amides is 2. The summed E-state index contributed by atoms with van der Waals surface area (Å²) in [4.78, 5) is 15.7. The molecule has 5 nitrogen and oxygen atoms in total. The number of carbonyl (C=O) groups excluding carboxylic acids is 1. The van der Waals surface area contributed by atoms with Crippen LogP contribution in [0.4, 0.5) is 15.6 Å². The summed E-state index contributed by atoms with van der Waals surface area (Å²) in [6.07, 6.45) is 1.64. The topological polar surface area (TPSA) is 63.2 Å². The van der Waals surface area contributed by atoms with Gasteiger partial charge in [0.2, 0.25) is 0 Å². The average molecular weight is 342 g/mol. The first-order valence-electron chi connectivity index (χ1n) is 5.59. The second-order valence-electron chi connectivity index (χ2n) is 3.51. The highest BCUT2D eigenvalue weighted by Crippen LogP contribution is 2.23. The number of nitrogens with one attached hydrogen (secondary N) is 2. The molecule has 0 aliphatic rings. The molecule has 2 N–H and O–H groups in total. The van der Waals surface area contributed by atoms with Gasteiger partial charge in [-0.25, -0.2) is 9.78 Å². The zero-order chi connectivity index (χ0) is 13.7. The van der Waals surface area contributed by atoms with Gasteiger partial charge in [-0.2, -0.15) is 0 Å². The number of anilines is 2. The second-order valence-corrected chi connectivity index (χ2v) is 5.92. The van der Waals surface area contributed by atoms with Gasteiger partial charge in [0.25, 0.3) is 0 Å². The van der Waals surface area contributed by atoms with Crippen molar-refractivity contribution >= 4 is 44.1 Å². The van der Waals surface area contributed by atoms with Crippen LogP contribution in [0.1, 0.15) is 6.92 Å². The number of benzene rings is 1. The third kappa shape index (κ3) is 4.22. The van der Waals surface area contributed by atoms with Crippen molar-refractivity contribution in [3.05, 3.63) is 34.2 Å². The second kappa shape index (κ2) is 6.53. The number of carbonyl (C=O) groups is 1. The van der Waals surface area contributed by atoms with Crippen molar-refractivity contribution in [3.8, 4) is 5.75 Å². The molecule has 0 radical (unpaired) electrons. The number of aromatic nitrogens is 1. The van der Waals surface area contributed by atoms with Gasteiger partial charge in [0.05, 0.1) is 16.6 Å². The van der Waals surface area contributed by atoms with E-state index in [1.54, 1.807) is 30.5 Å². The van der Waals surface area contributed by atoms with Crippen LogP contribution in [-0.4, -0.2) is 17.6 Å². The van der Waals surface area contributed by atoms with Crippen molar-refractivity contribution in [3.63, 3.8) is 0 Å². The fourth-order valence-electron chi connectivity index (χ4n) is 1.37. The highest BCUT2D eigenvalue weighted by Gasteiger charge is 2.05. The summed E-state index contributed by atoms with van der Waals surface area (Å²) in [6, 6.07) is 6.84. The van der Waals surface area contributed by atoms with E-state index in [4.69, 9.17) is 4.74 Å². The standard InChI is InChI=1S/C12H12BrN3O2S/c1-2-18-9-5-3-8(4-6-9)15-11(17)16-12-14-7-10(13)19-12/h3-7H,2H2,1H3,(H2,14,15,16,17). The smallest absolute Gasteiger partial charge is 0.325 e. The third-order valence-corrected chi connectivity index (χ3v) is 3.51. The summed E-state index contributed by atoms with van der Waals surface area (Å²) in [6.45, 7) is 2.54. The van der Waals surface area contributed by atoms with Crippen molar-refractivity contribution < 1.29 is 9.53 Å². The van der Waals surface area contributed by atoms with Crippen molar-refractivity contribution in [2.24, 2.45) is 0 Å². The Morgan fingerprint density at radius 2 is 2.11 bits per heavy atom. The van der Waals surface area contributed by atoms with Gasteiger partial charge in [0.15, 0.2) is 5.13 Å². The van der Waals surface area contributed by atoms with E-state index in [1.807, 2.05) is 6.92 Å². The molecule has 0 atom stereocenters. The molecule has 0 saturated heterocycles. The third-order valence-electron chi connectivity index (χ3n) is 2.12. The summed E-state index contributed by atoms with van der Waals surface area (Å²) in [7, 11) is 0. The van der Waals surface area contributed by atoms with Crippen LogP contribution in [0, 0.1) is 0 Å². The molecule has 0 spiro atoms. The van der Waals surface area contributed by atoms with Crippen LogP contribution in [0.15, 0.2) is 34.2 Å². The van der Waals surface area contributed by atoms with Crippen LogP contribution < -0.4 is 15.4 Å². The largest absolute Gasteiger partial charge is 0.494 e. The molecular formula is C12H12BrN3O2S. The normalized spacial score (nSPS) is 10.0. The summed E-state index contributed by atoms with van der Waals surface area (Å²) < 4.78 is 6.19. The van der Waals surface area contributed by atoms with E-state index < -0.39 is 0 Å². The van der Waals surface area contributed by atoms with Gasteiger partial charge in [-0.05, 0) is 47.1 Å². The van der Waals surface area contributed by atoms with E-state index in [2.05, 4.69) is 31.5 Å². The molecule has 1 heterocycles. The fraction of sp³-hybridized carbons (Fsp3) is 0.167. The Morgan fingerprint density at radius 1 is 1.37 bits per heavy atom. The Morgan fingerprint density at radius 3 is 2.68 bits per heavy atom. The number of nitrogens with zero attached hydrogens (tertiary/aromatic N) is 1. The van der Waals surface area contributed by atoms with Crippen LogP contribution in [-0.2, 0) is 0 Å². The van der Waals surface area contributed by atoms with E-state index in [-0.39, 0.29) is 6.03 Å². The number of urea groups is 1. The molecular weight excluding hydrogens is 330 g/mol. The minimum absolute atomic E-state index is 0.328. The predicted octanol–water partition coefficient (Wildman–Crippen LogP) is 3.95. The van der Waals surface area contributed by atoms with Gasteiger partial charge in [-0.1, -0.05) is 11.3 Å². The molecule has 1 aromatic carbocycles. The van der Waals surface area contributed by atoms with Crippen molar-refractivity contribution in [1.29, 1.82) is 0 Å². The summed E-state index contributed by atoms with van der Waals surface area (Å²) in [5, 5.41) is 5.90. The molecule has 0 aliphatic heterocycles.